The molecule has 0 aliphatic heterocycles. The average Bonchev–Trinajstić information content (AvgIpc) is 2.15. The van der Waals surface area contributed by atoms with Gasteiger partial charge in [-0.2, -0.15) is 0 Å². The van der Waals surface area contributed by atoms with Crippen molar-refractivity contribution in [2.45, 2.75) is 11.7 Å². The summed E-state index contributed by atoms with van der Waals surface area (Å²) in [6, 6.07) is 0. The molecule has 1 N–H and O–H groups in total. The SMILES string of the molecule is O=C(O)Cn1cnnc1[S]. The molecule has 1 aromatic rings. The number of hydrogen-bond acceptors (Lipinski definition) is 3. The number of carboxylic acids is 1. The van der Waals surface area contributed by atoms with Crippen LogP contribution in [0, 0.1) is 0 Å². The van der Waals surface area contributed by atoms with Gasteiger partial charge in [0.15, 0.2) is 0 Å². The Morgan fingerprint density at radius 3 is 3.00 bits per heavy atom. The second-order valence-electron chi connectivity index (χ2n) is 1.64. The van der Waals surface area contributed by atoms with Crippen molar-refractivity contribution in [1.82, 2.24) is 14.8 Å². The van der Waals surface area contributed by atoms with Gasteiger partial charge in [0, 0.05) is 0 Å². The van der Waals surface area contributed by atoms with E-state index in [-0.39, 0.29) is 11.7 Å². The molecular formula is C4H4N3O2S. The Bertz CT molecular complexity index is 246. The topological polar surface area (TPSA) is 68.0 Å². The first-order valence-corrected chi connectivity index (χ1v) is 2.87. The third-order valence-electron chi connectivity index (χ3n) is 0.886. The lowest BCUT2D eigenvalue weighted by Gasteiger charge is -1.93. The van der Waals surface area contributed by atoms with Crippen LogP contribution in [0.15, 0.2) is 11.5 Å². The highest BCUT2D eigenvalue weighted by molar-refractivity contribution is 7.80. The minimum atomic E-state index is -0.953. The molecule has 0 bridgehead atoms. The van der Waals surface area contributed by atoms with E-state index in [1.54, 1.807) is 0 Å². The summed E-state index contributed by atoms with van der Waals surface area (Å²) in [7, 11) is 0. The summed E-state index contributed by atoms with van der Waals surface area (Å²) in [5, 5.41) is 15.3. The minimum Gasteiger partial charge on any atom is -0.480 e. The number of carbonyl (C=O) groups is 1. The maximum absolute atomic E-state index is 10.1. The minimum absolute atomic E-state index is 0.175. The van der Waals surface area contributed by atoms with Gasteiger partial charge in [-0.1, -0.05) is 0 Å². The molecule has 1 aromatic heterocycles. The Kier molecular flexibility index (Phi) is 1.81. The molecule has 0 atom stereocenters. The van der Waals surface area contributed by atoms with Gasteiger partial charge in [-0.3, -0.25) is 9.36 Å². The van der Waals surface area contributed by atoms with E-state index in [2.05, 4.69) is 22.8 Å². The van der Waals surface area contributed by atoms with Gasteiger partial charge < -0.3 is 5.11 Å². The van der Waals surface area contributed by atoms with Crippen molar-refractivity contribution in [1.29, 1.82) is 0 Å². The highest BCUT2D eigenvalue weighted by atomic mass is 32.1. The van der Waals surface area contributed by atoms with Crippen LogP contribution in [-0.4, -0.2) is 25.8 Å². The summed E-state index contributed by atoms with van der Waals surface area (Å²) in [4.78, 5) is 10.1. The number of aromatic nitrogens is 3. The molecule has 0 aromatic carbocycles. The van der Waals surface area contributed by atoms with Gasteiger partial charge in [0.25, 0.3) is 0 Å². The van der Waals surface area contributed by atoms with E-state index in [1.165, 1.54) is 10.9 Å². The summed E-state index contributed by atoms with van der Waals surface area (Å²) in [6.45, 7) is -0.175. The van der Waals surface area contributed by atoms with E-state index in [9.17, 15) is 4.79 Å². The average molecular weight is 158 g/mol. The Labute approximate surface area is 62.1 Å². The van der Waals surface area contributed by atoms with Gasteiger partial charge in [-0.05, 0) is 12.6 Å². The molecule has 53 valence electrons. The van der Waals surface area contributed by atoms with Gasteiger partial charge in [0.1, 0.15) is 12.9 Å². The number of aliphatic carboxylic acids is 1. The second-order valence-corrected chi connectivity index (χ2v) is 2.00. The van der Waals surface area contributed by atoms with Gasteiger partial charge in [0.2, 0.25) is 5.16 Å². The molecule has 0 saturated heterocycles. The van der Waals surface area contributed by atoms with E-state index in [4.69, 9.17) is 5.11 Å². The summed E-state index contributed by atoms with van der Waals surface area (Å²) in [5.74, 6) is -0.953. The zero-order valence-electron chi connectivity index (χ0n) is 4.89. The monoisotopic (exact) mass is 158 g/mol. The van der Waals surface area contributed by atoms with Gasteiger partial charge in [-0.15, -0.1) is 10.2 Å². The highest BCUT2D eigenvalue weighted by Crippen LogP contribution is 1.98. The first kappa shape index (κ1) is 6.94. The molecule has 0 saturated carbocycles. The molecule has 6 heteroatoms. The molecule has 5 nitrogen and oxygen atoms in total. The zero-order valence-corrected chi connectivity index (χ0v) is 5.71. The number of carboxylic acid groups (broad SMARTS) is 1. The van der Waals surface area contributed by atoms with E-state index in [0.717, 1.165) is 0 Å². The van der Waals surface area contributed by atoms with Gasteiger partial charge >= 0.3 is 5.97 Å². The van der Waals surface area contributed by atoms with Crippen LogP contribution in [-0.2, 0) is 11.3 Å². The van der Waals surface area contributed by atoms with Gasteiger partial charge in [0.05, 0.1) is 0 Å². The fraction of sp³-hybridized carbons (Fsp3) is 0.250. The maximum atomic E-state index is 10.1. The molecule has 0 fully saturated rings. The van der Waals surface area contributed by atoms with Crippen molar-refractivity contribution in [2.75, 3.05) is 0 Å². The van der Waals surface area contributed by atoms with Crippen molar-refractivity contribution in [3.05, 3.63) is 6.33 Å². The van der Waals surface area contributed by atoms with E-state index in [1.807, 2.05) is 0 Å². The van der Waals surface area contributed by atoms with Crippen LogP contribution < -0.4 is 0 Å². The van der Waals surface area contributed by atoms with Crippen LogP contribution in [0.5, 0.6) is 0 Å². The largest absolute Gasteiger partial charge is 0.480 e. The van der Waals surface area contributed by atoms with Crippen LogP contribution >= 0.6 is 12.6 Å². The molecule has 1 radical (unpaired) electrons. The van der Waals surface area contributed by atoms with Crippen LogP contribution in [0.2, 0.25) is 0 Å². The summed E-state index contributed by atoms with van der Waals surface area (Å²) >= 11 is 4.63. The molecule has 10 heavy (non-hydrogen) atoms. The van der Waals surface area contributed by atoms with Crippen molar-refractivity contribution in [3.63, 3.8) is 0 Å². The van der Waals surface area contributed by atoms with Crippen molar-refractivity contribution in [2.24, 2.45) is 0 Å². The predicted molar refractivity (Wildman–Crippen MR) is 33.5 cm³/mol. The summed E-state index contributed by atoms with van der Waals surface area (Å²) < 4.78 is 1.28. The van der Waals surface area contributed by atoms with Crippen LogP contribution in [0.4, 0.5) is 0 Å². The fourth-order valence-electron chi connectivity index (χ4n) is 0.499. The first-order chi connectivity index (χ1) is 4.70. The number of nitrogens with zero attached hydrogens (tertiary/aromatic N) is 3. The fourth-order valence-corrected chi connectivity index (χ4v) is 0.657. The number of hydrogen-bond donors (Lipinski definition) is 1. The maximum Gasteiger partial charge on any atom is 0.323 e. The molecule has 1 heterocycles. The van der Waals surface area contributed by atoms with Crippen LogP contribution in [0.1, 0.15) is 0 Å². The molecule has 0 aliphatic carbocycles. The lowest BCUT2D eigenvalue weighted by Crippen LogP contribution is -2.07. The molecule has 1 rings (SSSR count). The van der Waals surface area contributed by atoms with Gasteiger partial charge in [-0.25, -0.2) is 0 Å². The van der Waals surface area contributed by atoms with Crippen molar-refractivity contribution >= 4 is 18.6 Å². The summed E-state index contributed by atoms with van der Waals surface area (Å²) in [5.41, 5.74) is 0. The second kappa shape index (κ2) is 2.61. The zero-order chi connectivity index (χ0) is 7.56. The van der Waals surface area contributed by atoms with Crippen molar-refractivity contribution in [3.8, 4) is 0 Å². The van der Waals surface area contributed by atoms with E-state index >= 15 is 0 Å². The Morgan fingerprint density at radius 1 is 1.90 bits per heavy atom. The molecule has 0 spiro atoms. The first-order valence-electron chi connectivity index (χ1n) is 2.47. The Hall–Kier alpha value is -1.17. The van der Waals surface area contributed by atoms with E-state index < -0.39 is 5.97 Å². The molecule has 0 aliphatic rings. The lowest BCUT2D eigenvalue weighted by atomic mass is 10.6. The molecular weight excluding hydrogens is 154 g/mol. The Morgan fingerprint density at radius 2 is 2.60 bits per heavy atom. The predicted octanol–water partition coefficient (Wildman–Crippen LogP) is -0.0809. The van der Waals surface area contributed by atoms with E-state index in [0.29, 0.717) is 0 Å². The Balaban J connectivity index is 2.74. The molecule has 0 unspecified atom stereocenters. The third-order valence-corrected chi connectivity index (χ3v) is 1.20. The molecule has 0 amide bonds. The number of rotatable bonds is 2. The normalized spacial score (nSPS) is 9.60. The smallest absolute Gasteiger partial charge is 0.323 e. The summed E-state index contributed by atoms with van der Waals surface area (Å²) in [6.07, 6.45) is 1.29. The third kappa shape index (κ3) is 1.41. The quantitative estimate of drug-likeness (QED) is 0.653. The highest BCUT2D eigenvalue weighted by Gasteiger charge is 2.03. The standard InChI is InChI=1S/C4H4N3O2S/c8-3(9)1-7-2-5-6-4(7)10/h2H,1H2,(H,8,9). The van der Waals surface area contributed by atoms with Crippen molar-refractivity contribution < 1.29 is 9.90 Å². The van der Waals surface area contributed by atoms with Crippen LogP contribution in [0.25, 0.3) is 0 Å². The van der Waals surface area contributed by atoms with Crippen LogP contribution in [0.3, 0.4) is 0 Å². The lowest BCUT2D eigenvalue weighted by molar-refractivity contribution is -0.137.